The molecule has 0 radical (unpaired) electrons. The third-order valence-corrected chi connectivity index (χ3v) is 15.5. The molecule has 5 nitrogen and oxygen atoms in total. The van der Waals surface area contributed by atoms with Crippen LogP contribution in [0, 0.1) is 52.2 Å². The van der Waals surface area contributed by atoms with Crippen molar-refractivity contribution in [2.45, 2.75) is 176 Å². The monoisotopic (exact) mass is 799 g/mol. The van der Waals surface area contributed by atoms with E-state index in [2.05, 4.69) is 47.6 Å². The average molecular weight is 799 g/mol. The molecule has 4 aliphatic rings. The highest BCUT2D eigenvalue weighted by Gasteiger charge is 2.59. The highest BCUT2D eigenvalue weighted by Crippen LogP contribution is 2.67. The van der Waals surface area contributed by atoms with Crippen molar-refractivity contribution in [3.05, 3.63) is 71.1 Å². The fourth-order valence-electron chi connectivity index (χ4n) is 12.1. The van der Waals surface area contributed by atoms with Gasteiger partial charge in [0.25, 0.3) is 0 Å². The van der Waals surface area contributed by atoms with Gasteiger partial charge in [-0.25, -0.2) is 14.0 Å². The van der Waals surface area contributed by atoms with Gasteiger partial charge in [0.2, 0.25) is 0 Å². The Kier molecular flexibility index (Phi) is 15.6. The number of rotatable bonds is 20. The first-order valence-corrected chi connectivity index (χ1v) is 23.6. The zero-order valence-corrected chi connectivity index (χ0v) is 36.9. The number of ether oxygens (including phenoxy) is 3. The third kappa shape index (κ3) is 10.6. The predicted octanol–water partition coefficient (Wildman–Crippen LogP) is 14.5. The number of halogens is 1. The lowest BCUT2D eigenvalue weighted by Crippen LogP contribution is -2.51. The van der Waals surface area contributed by atoms with Gasteiger partial charge in [-0.05, 0) is 134 Å². The Morgan fingerprint density at radius 1 is 0.776 bits per heavy atom. The zero-order valence-electron chi connectivity index (χ0n) is 36.9. The second kappa shape index (κ2) is 20.4. The van der Waals surface area contributed by atoms with Gasteiger partial charge in [0.15, 0.2) is 0 Å². The molecule has 3 fully saturated rings. The van der Waals surface area contributed by atoms with Crippen molar-refractivity contribution in [1.29, 1.82) is 0 Å². The fourth-order valence-corrected chi connectivity index (χ4v) is 12.1. The first kappa shape index (κ1) is 44.4. The maximum Gasteiger partial charge on any atom is 0.343 e. The second-order valence-corrected chi connectivity index (χ2v) is 19.8. The van der Waals surface area contributed by atoms with Crippen molar-refractivity contribution < 1.29 is 28.2 Å². The number of carbonyl (C=O) groups excluding carboxylic acids is 2. The van der Waals surface area contributed by atoms with Gasteiger partial charge in [0.1, 0.15) is 23.4 Å². The topological polar surface area (TPSA) is 61.8 Å². The van der Waals surface area contributed by atoms with Crippen LogP contribution in [0.15, 0.2) is 54.1 Å². The van der Waals surface area contributed by atoms with Crippen LogP contribution in [0.5, 0.6) is 11.5 Å². The number of benzene rings is 2. The summed E-state index contributed by atoms with van der Waals surface area (Å²) in [5.41, 5.74) is 2.24. The van der Waals surface area contributed by atoms with Crippen LogP contribution in [0.4, 0.5) is 4.39 Å². The molecule has 6 heteroatoms. The Hall–Kier alpha value is -3.15. The number of fused-ring (bicyclic) bond motifs is 5. The van der Waals surface area contributed by atoms with Crippen molar-refractivity contribution in [3.63, 3.8) is 0 Å². The minimum absolute atomic E-state index is 0.0397. The Morgan fingerprint density at radius 3 is 2.19 bits per heavy atom. The summed E-state index contributed by atoms with van der Waals surface area (Å²) in [6, 6.07) is 10.7. The van der Waals surface area contributed by atoms with Gasteiger partial charge in [-0.15, -0.1) is 0 Å². The molecule has 0 bridgehead atoms. The maximum atomic E-state index is 15.3. The van der Waals surface area contributed by atoms with E-state index in [0.29, 0.717) is 29.3 Å². The Labute approximate surface area is 350 Å². The van der Waals surface area contributed by atoms with E-state index in [0.717, 1.165) is 74.2 Å². The normalized spacial score (nSPS) is 28.2. The minimum Gasteiger partial charge on any atom is -0.494 e. The molecule has 8 atom stereocenters. The van der Waals surface area contributed by atoms with E-state index in [1.54, 1.807) is 24.3 Å². The molecule has 0 unspecified atom stereocenters. The summed E-state index contributed by atoms with van der Waals surface area (Å²) in [6.07, 6.45) is 26.7. The van der Waals surface area contributed by atoms with Crippen LogP contribution < -0.4 is 9.47 Å². The fraction of sp³-hybridized carbons (Fsp3) is 0.692. The van der Waals surface area contributed by atoms with Gasteiger partial charge in [-0.3, -0.25) is 0 Å². The second-order valence-electron chi connectivity index (χ2n) is 19.8. The van der Waals surface area contributed by atoms with E-state index in [-0.39, 0.29) is 22.8 Å². The van der Waals surface area contributed by atoms with Gasteiger partial charge in [-0.2, -0.15) is 0 Å². The van der Waals surface area contributed by atoms with E-state index in [1.165, 1.54) is 108 Å². The summed E-state index contributed by atoms with van der Waals surface area (Å²) in [6.45, 7) is 15.2. The number of esters is 2. The Bertz CT molecular complexity index is 1680. The molecule has 0 N–H and O–H groups in total. The van der Waals surface area contributed by atoms with Crippen LogP contribution in [0.25, 0.3) is 0 Å². The quantitative estimate of drug-likeness (QED) is 0.0578. The largest absolute Gasteiger partial charge is 0.494 e. The average Bonchev–Trinajstić information content (AvgIpc) is 3.56. The van der Waals surface area contributed by atoms with Crippen LogP contribution in [-0.2, 0) is 4.74 Å². The molecule has 3 saturated carbocycles. The van der Waals surface area contributed by atoms with E-state index in [1.807, 2.05) is 0 Å². The lowest BCUT2D eigenvalue weighted by atomic mass is 9.47. The van der Waals surface area contributed by atoms with Crippen LogP contribution in [0.3, 0.4) is 0 Å². The number of carbonyl (C=O) groups is 2. The first-order valence-electron chi connectivity index (χ1n) is 23.6. The smallest absolute Gasteiger partial charge is 0.343 e. The maximum absolute atomic E-state index is 15.3. The molecule has 320 valence electrons. The molecule has 2 aromatic carbocycles. The van der Waals surface area contributed by atoms with Gasteiger partial charge < -0.3 is 14.2 Å². The van der Waals surface area contributed by atoms with E-state index >= 15 is 4.39 Å². The molecule has 0 aliphatic heterocycles. The third-order valence-electron chi connectivity index (χ3n) is 15.5. The molecule has 2 aromatic rings. The lowest BCUT2D eigenvalue weighted by Gasteiger charge is -2.58. The van der Waals surface area contributed by atoms with Crippen molar-refractivity contribution >= 4 is 11.9 Å². The molecule has 0 aromatic heterocycles. The number of unbranched alkanes of at least 4 members (excludes halogenated alkanes) is 8. The lowest BCUT2D eigenvalue weighted by molar-refractivity contribution is -0.0595. The molecule has 58 heavy (non-hydrogen) atoms. The molecular formula is C52H75FO5. The van der Waals surface area contributed by atoms with Crippen molar-refractivity contribution in [1.82, 2.24) is 0 Å². The van der Waals surface area contributed by atoms with Crippen molar-refractivity contribution in [2.24, 2.45) is 46.3 Å². The summed E-state index contributed by atoms with van der Waals surface area (Å²) in [5.74, 6) is 3.39. The Balaban J connectivity index is 0.956. The summed E-state index contributed by atoms with van der Waals surface area (Å²) in [5, 5.41) is 0. The van der Waals surface area contributed by atoms with Crippen LogP contribution in [0.2, 0.25) is 0 Å². The van der Waals surface area contributed by atoms with Gasteiger partial charge in [0, 0.05) is 12.5 Å². The van der Waals surface area contributed by atoms with Crippen LogP contribution in [-0.4, -0.2) is 24.6 Å². The molecule has 6 rings (SSSR count). The summed E-state index contributed by atoms with van der Waals surface area (Å²) in [7, 11) is 0. The molecule has 0 amide bonds. The van der Waals surface area contributed by atoms with Gasteiger partial charge in [-0.1, -0.05) is 124 Å². The molecule has 4 aliphatic carbocycles. The van der Waals surface area contributed by atoms with Crippen LogP contribution >= 0.6 is 0 Å². The molecule has 0 spiro atoms. The standard InChI is InChI=1S/C52H75FO5/c1-7-8-9-10-11-12-13-14-15-33-56-40-22-19-38(20-23-40)49(54)57-41-24-26-44(48(53)35-41)50(55)58-42-29-31-51(5)39(34-42)21-25-43-46-28-27-45(37(4)18-16-17-36(2)3)52(46,6)32-30-47(43)51/h19-24,26,35-37,42-43,45-47H,7-18,25,27-34H2,1-6H3/t37-,42+,43+,45-,46+,47+,51+,52-/m1/s1. The van der Waals surface area contributed by atoms with Gasteiger partial charge in [0.05, 0.1) is 17.7 Å². The molecular weight excluding hydrogens is 724 g/mol. The van der Waals surface area contributed by atoms with Gasteiger partial charge >= 0.3 is 11.9 Å². The summed E-state index contributed by atoms with van der Waals surface area (Å²) < 4.78 is 32.7. The summed E-state index contributed by atoms with van der Waals surface area (Å²) in [4.78, 5) is 26.2. The molecule has 0 saturated heterocycles. The number of hydrogen-bond donors (Lipinski definition) is 0. The van der Waals surface area contributed by atoms with Crippen molar-refractivity contribution in [3.8, 4) is 11.5 Å². The first-order chi connectivity index (χ1) is 27.9. The zero-order chi connectivity index (χ0) is 41.3. The highest BCUT2D eigenvalue weighted by atomic mass is 19.1. The number of allylic oxidation sites excluding steroid dienone is 1. The SMILES string of the molecule is CCCCCCCCCCCOc1ccc(C(=O)Oc2ccc(C(=O)O[C@H]3CC[C@@]4(C)C(=CC[C@H]5[C@@H]6CC[C@H]([C@H](C)CCCC(C)C)[C@@]6(C)CC[C@@H]54)C3)c(F)c2)cc1. The number of hydrogen-bond acceptors (Lipinski definition) is 5. The predicted molar refractivity (Wildman–Crippen MR) is 233 cm³/mol. The molecule has 0 heterocycles. The highest BCUT2D eigenvalue weighted by molar-refractivity contribution is 5.92. The van der Waals surface area contributed by atoms with E-state index < -0.39 is 17.8 Å². The van der Waals surface area contributed by atoms with E-state index in [4.69, 9.17) is 14.2 Å². The summed E-state index contributed by atoms with van der Waals surface area (Å²) >= 11 is 0. The van der Waals surface area contributed by atoms with E-state index in [9.17, 15) is 9.59 Å². The van der Waals surface area contributed by atoms with Crippen molar-refractivity contribution in [2.75, 3.05) is 6.61 Å². The minimum atomic E-state index is -0.759. The van der Waals surface area contributed by atoms with Crippen LogP contribution in [0.1, 0.15) is 191 Å². The Morgan fingerprint density at radius 2 is 1.48 bits per heavy atom.